The molecule has 0 spiro atoms. The molecule has 148 valence electrons. The van der Waals surface area contributed by atoms with Crippen molar-refractivity contribution in [1.82, 2.24) is 29.5 Å². The highest BCUT2D eigenvalue weighted by molar-refractivity contribution is 5.79. The molecule has 0 aliphatic carbocycles. The first kappa shape index (κ1) is 18.9. The second-order valence-corrected chi connectivity index (χ2v) is 6.43. The van der Waals surface area contributed by atoms with Crippen LogP contribution in [0.4, 0.5) is 4.39 Å². The van der Waals surface area contributed by atoms with E-state index in [-0.39, 0.29) is 12.6 Å². The first-order chi connectivity index (χ1) is 14.1. The van der Waals surface area contributed by atoms with E-state index in [1.54, 1.807) is 18.5 Å². The van der Waals surface area contributed by atoms with Crippen LogP contribution in [-0.4, -0.2) is 41.2 Å². The second-order valence-electron chi connectivity index (χ2n) is 6.43. The highest BCUT2D eigenvalue weighted by Crippen LogP contribution is 2.27. The van der Waals surface area contributed by atoms with Gasteiger partial charge in [0, 0.05) is 18.0 Å². The number of aromatic nitrogens is 6. The lowest BCUT2D eigenvalue weighted by molar-refractivity contribution is 0.277. The van der Waals surface area contributed by atoms with Crippen LogP contribution in [0.25, 0.3) is 22.6 Å². The maximum Gasteiger partial charge on any atom is 0.318 e. The van der Waals surface area contributed by atoms with Gasteiger partial charge >= 0.3 is 6.01 Å². The number of hydrogen-bond acceptors (Lipinski definition) is 7. The molecule has 8 nitrogen and oxygen atoms in total. The van der Waals surface area contributed by atoms with E-state index in [0.29, 0.717) is 47.1 Å². The van der Waals surface area contributed by atoms with E-state index >= 15 is 0 Å². The Morgan fingerprint density at radius 3 is 2.69 bits per heavy atom. The topological polar surface area (TPSA) is 98.8 Å². The van der Waals surface area contributed by atoms with E-state index in [4.69, 9.17) is 4.74 Å². The summed E-state index contributed by atoms with van der Waals surface area (Å²) in [5.41, 5.74) is 3.83. The molecule has 9 heteroatoms. The van der Waals surface area contributed by atoms with Gasteiger partial charge in [-0.15, -0.1) is 0 Å². The molecule has 0 bridgehead atoms. The minimum Gasteiger partial charge on any atom is -0.464 e. The van der Waals surface area contributed by atoms with Gasteiger partial charge < -0.3 is 14.4 Å². The Morgan fingerprint density at radius 1 is 1.14 bits per heavy atom. The average Bonchev–Trinajstić information content (AvgIpc) is 3.08. The Kier molecular flexibility index (Phi) is 5.13. The number of aliphatic hydroxyl groups excluding tert-OH is 1. The number of hydrogen-bond donors (Lipinski definition) is 1. The molecule has 0 fully saturated rings. The molecule has 0 aliphatic rings. The molecule has 4 heterocycles. The molecule has 0 atom stereocenters. The van der Waals surface area contributed by atoms with Gasteiger partial charge in [0.05, 0.1) is 37.3 Å². The van der Waals surface area contributed by atoms with Crippen molar-refractivity contribution in [2.75, 3.05) is 6.61 Å². The van der Waals surface area contributed by atoms with Gasteiger partial charge in [-0.1, -0.05) is 6.07 Å². The number of rotatable bonds is 6. The summed E-state index contributed by atoms with van der Waals surface area (Å²) in [7, 11) is 0. The van der Waals surface area contributed by atoms with E-state index in [9.17, 15) is 9.50 Å². The van der Waals surface area contributed by atoms with Crippen LogP contribution < -0.4 is 4.74 Å². The SMILES string of the molecule is CCOc1nc(C)c2nc(-c3cncc(F)c3)n(Cc3ccc(CO)nc3)c2n1. The predicted molar refractivity (Wildman–Crippen MR) is 104 cm³/mol. The van der Waals surface area contributed by atoms with Gasteiger partial charge in [0.15, 0.2) is 5.65 Å². The lowest BCUT2D eigenvalue weighted by Crippen LogP contribution is -2.06. The summed E-state index contributed by atoms with van der Waals surface area (Å²) in [5, 5.41) is 9.21. The smallest absolute Gasteiger partial charge is 0.318 e. The van der Waals surface area contributed by atoms with Crippen LogP contribution >= 0.6 is 0 Å². The molecule has 0 radical (unpaired) electrons. The largest absolute Gasteiger partial charge is 0.464 e. The van der Waals surface area contributed by atoms with Crippen molar-refractivity contribution in [3.05, 3.63) is 59.6 Å². The first-order valence-corrected chi connectivity index (χ1v) is 9.12. The third-order valence-electron chi connectivity index (χ3n) is 4.37. The lowest BCUT2D eigenvalue weighted by Gasteiger charge is -2.10. The quantitative estimate of drug-likeness (QED) is 0.537. The molecule has 4 aromatic rings. The number of nitrogens with zero attached hydrogens (tertiary/aromatic N) is 6. The van der Waals surface area contributed by atoms with Crippen LogP contribution in [0.3, 0.4) is 0 Å². The van der Waals surface area contributed by atoms with Crippen LogP contribution in [0.2, 0.25) is 0 Å². The fourth-order valence-corrected chi connectivity index (χ4v) is 3.04. The van der Waals surface area contributed by atoms with Crippen molar-refractivity contribution in [3.8, 4) is 17.4 Å². The van der Waals surface area contributed by atoms with E-state index in [2.05, 4.69) is 24.9 Å². The molecule has 4 rings (SSSR count). The monoisotopic (exact) mass is 394 g/mol. The van der Waals surface area contributed by atoms with Crippen molar-refractivity contribution < 1.29 is 14.2 Å². The summed E-state index contributed by atoms with van der Waals surface area (Å²) in [5.74, 6) is 0.0668. The molecule has 0 aromatic carbocycles. The molecule has 4 aromatic heterocycles. The average molecular weight is 394 g/mol. The highest BCUT2D eigenvalue weighted by atomic mass is 19.1. The molecular weight excluding hydrogens is 375 g/mol. The maximum absolute atomic E-state index is 13.8. The molecule has 0 saturated carbocycles. The number of aliphatic hydroxyl groups is 1. The summed E-state index contributed by atoms with van der Waals surface area (Å²) < 4.78 is 21.2. The van der Waals surface area contributed by atoms with Gasteiger partial charge in [0.1, 0.15) is 17.2 Å². The van der Waals surface area contributed by atoms with Crippen molar-refractivity contribution in [3.63, 3.8) is 0 Å². The van der Waals surface area contributed by atoms with E-state index in [1.807, 2.05) is 24.5 Å². The number of fused-ring (bicyclic) bond motifs is 1. The Labute approximate surface area is 166 Å². The van der Waals surface area contributed by atoms with Crippen LogP contribution in [0.1, 0.15) is 23.9 Å². The fourth-order valence-electron chi connectivity index (χ4n) is 3.04. The number of ether oxygens (including phenoxy) is 1. The van der Waals surface area contributed by atoms with Crippen LogP contribution in [-0.2, 0) is 13.2 Å². The number of halogens is 1. The predicted octanol–water partition coefficient (Wildman–Crippen LogP) is 2.67. The van der Waals surface area contributed by atoms with Gasteiger partial charge in [0.25, 0.3) is 0 Å². The molecule has 0 aliphatic heterocycles. The van der Waals surface area contributed by atoms with E-state index < -0.39 is 5.82 Å². The maximum atomic E-state index is 13.8. The normalized spacial score (nSPS) is 11.2. The van der Waals surface area contributed by atoms with Crippen molar-refractivity contribution >= 4 is 11.2 Å². The van der Waals surface area contributed by atoms with Gasteiger partial charge in [-0.3, -0.25) is 9.97 Å². The van der Waals surface area contributed by atoms with Crippen LogP contribution in [0.5, 0.6) is 6.01 Å². The minimum absolute atomic E-state index is 0.126. The zero-order chi connectivity index (χ0) is 20.4. The Hall–Kier alpha value is -3.46. The van der Waals surface area contributed by atoms with Crippen molar-refractivity contribution in [2.24, 2.45) is 0 Å². The van der Waals surface area contributed by atoms with E-state index in [0.717, 1.165) is 11.8 Å². The Morgan fingerprint density at radius 2 is 2.00 bits per heavy atom. The standard InChI is InChI=1S/C20H19FN6O2/c1-3-29-20-24-12(2)17-19(26-20)27(10-13-4-5-16(11-28)23-7-13)18(25-17)14-6-15(21)9-22-8-14/h4-9,28H,3,10-11H2,1-2H3. The Balaban J connectivity index is 1.90. The summed E-state index contributed by atoms with van der Waals surface area (Å²) in [4.78, 5) is 21.7. The summed E-state index contributed by atoms with van der Waals surface area (Å²) in [6, 6.07) is 5.26. The van der Waals surface area contributed by atoms with Gasteiger partial charge in [-0.25, -0.2) is 9.37 Å². The number of imidazole rings is 1. The van der Waals surface area contributed by atoms with E-state index in [1.165, 1.54) is 6.07 Å². The number of aryl methyl sites for hydroxylation is 1. The lowest BCUT2D eigenvalue weighted by atomic mass is 10.2. The van der Waals surface area contributed by atoms with Crippen molar-refractivity contribution in [1.29, 1.82) is 0 Å². The van der Waals surface area contributed by atoms with Crippen LogP contribution in [0.15, 0.2) is 36.8 Å². The first-order valence-electron chi connectivity index (χ1n) is 9.12. The van der Waals surface area contributed by atoms with Gasteiger partial charge in [-0.05, 0) is 31.5 Å². The third-order valence-corrected chi connectivity index (χ3v) is 4.37. The zero-order valence-electron chi connectivity index (χ0n) is 16.0. The Bertz CT molecular complexity index is 1160. The molecule has 29 heavy (non-hydrogen) atoms. The molecule has 0 saturated heterocycles. The molecule has 0 unspecified atom stereocenters. The summed E-state index contributed by atoms with van der Waals surface area (Å²) in [6.45, 7) is 4.39. The third kappa shape index (κ3) is 3.77. The molecule has 0 amide bonds. The summed E-state index contributed by atoms with van der Waals surface area (Å²) in [6.07, 6.45) is 4.38. The molecular formula is C20H19FN6O2. The van der Waals surface area contributed by atoms with Gasteiger partial charge in [0.2, 0.25) is 0 Å². The van der Waals surface area contributed by atoms with Crippen molar-refractivity contribution in [2.45, 2.75) is 27.0 Å². The minimum atomic E-state index is -0.451. The zero-order valence-corrected chi connectivity index (χ0v) is 16.0. The second kappa shape index (κ2) is 7.88. The highest BCUT2D eigenvalue weighted by Gasteiger charge is 2.19. The summed E-state index contributed by atoms with van der Waals surface area (Å²) >= 11 is 0. The van der Waals surface area contributed by atoms with Gasteiger partial charge in [-0.2, -0.15) is 9.97 Å². The fraction of sp³-hybridized carbons (Fsp3) is 0.250. The molecule has 1 N–H and O–H groups in total. The van der Waals surface area contributed by atoms with Crippen LogP contribution in [0, 0.1) is 12.7 Å². The number of pyridine rings is 2.